The Hall–Kier alpha value is -2.21. The maximum Gasteiger partial charge on any atom is 0.244 e. The second-order valence-corrected chi connectivity index (χ2v) is 6.42. The third-order valence-corrected chi connectivity index (χ3v) is 4.57. The molecule has 0 aliphatic carbocycles. The molecule has 5 nitrogen and oxygen atoms in total. The molecular formula is C17H20N4OS. The van der Waals surface area contributed by atoms with Crippen LogP contribution in [0.25, 0.3) is 6.08 Å². The average Bonchev–Trinajstić information content (AvgIpc) is 3.13. The largest absolute Gasteiger partial charge is 0.357 e. The Morgan fingerprint density at radius 1 is 1.30 bits per heavy atom. The molecule has 1 amide bonds. The van der Waals surface area contributed by atoms with Gasteiger partial charge in [0.15, 0.2) is 0 Å². The molecular weight excluding hydrogens is 308 g/mol. The summed E-state index contributed by atoms with van der Waals surface area (Å²) in [5, 5.41) is 4.81. The topological polar surface area (TPSA) is 58.1 Å². The first-order valence-corrected chi connectivity index (χ1v) is 8.75. The van der Waals surface area contributed by atoms with Crippen LogP contribution in [0.4, 0.5) is 5.82 Å². The Balaban J connectivity index is 1.54. The molecule has 0 bridgehead atoms. The van der Waals surface area contributed by atoms with Crippen LogP contribution < -0.4 is 10.2 Å². The minimum atomic E-state index is -0.134. The minimum absolute atomic E-state index is 0.134. The molecule has 2 aromatic heterocycles. The zero-order valence-electron chi connectivity index (χ0n) is 12.9. The fourth-order valence-corrected chi connectivity index (χ4v) is 3.16. The van der Waals surface area contributed by atoms with Gasteiger partial charge >= 0.3 is 0 Å². The number of hydrogen-bond donors (Lipinski definition) is 1. The number of piperidine rings is 1. The summed E-state index contributed by atoms with van der Waals surface area (Å²) < 4.78 is 0. The number of nitrogens with zero attached hydrogens (tertiary/aromatic N) is 3. The van der Waals surface area contributed by atoms with Crippen molar-refractivity contribution in [2.45, 2.75) is 25.8 Å². The van der Waals surface area contributed by atoms with Crippen LogP contribution in [0.5, 0.6) is 0 Å². The number of amides is 1. The summed E-state index contributed by atoms with van der Waals surface area (Å²) in [5.41, 5.74) is 0. The summed E-state index contributed by atoms with van der Waals surface area (Å²) >= 11 is 1.60. The fourth-order valence-electron chi connectivity index (χ4n) is 2.54. The maximum absolute atomic E-state index is 11.8. The van der Waals surface area contributed by atoms with Crippen molar-refractivity contribution in [2.75, 3.05) is 18.0 Å². The molecule has 3 rings (SSSR count). The Kier molecular flexibility index (Phi) is 5.37. The molecule has 2 aromatic rings. The number of anilines is 1. The second kappa shape index (κ2) is 7.87. The van der Waals surface area contributed by atoms with Crippen molar-refractivity contribution in [3.05, 3.63) is 46.6 Å². The van der Waals surface area contributed by atoms with E-state index in [4.69, 9.17) is 0 Å². The number of carbonyl (C=O) groups is 1. The molecule has 0 unspecified atom stereocenters. The van der Waals surface area contributed by atoms with Gasteiger partial charge in [-0.25, -0.2) is 9.97 Å². The van der Waals surface area contributed by atoms with Crippen molar-refractivity contribution < 1.29 is 4.79 Å². The van der Waals surface area contributed by atoms with Gasteiger partial charge in [0, 0.05) is 30.2 Å². The van der Waals surface area contributed by atoms with Crippen molar-refractivity contribution in [3.63, 3.8) is 0 Å². The van der Waals surface area contributed by atoms with E-state index < -0.39 is 0 Å². The van der Waals surface area contributed by atoms with E-state index in [-0.39, 0.29) is 5.91 Å². The quantitative estimate of drug-likeness (QED) is 0.858. The highest BCUT2D eigenvalue weighted by Crippen LogP contribution is 2.16. The van der Waals surface area contributed by atoms with Gasteiger partial charge in [-0.1, -0.05) is 6.07 Å². The Morgan fingerprint density at radius 2 is 2.17 bits per heavy atom. The smallest absolute Gasteiger partial charge is 0.244 e. The van der Waals surface area contributed by atoms with E-state index in [9.17, 15) is 4.79 Å². The highest BCUT2D eigenvalue weighted by atomic mass is 32.1. The summed E-state index contributed by atoms with van der Waals surface area (Å²) in [7, 11) is 0. The van der Waals surface area contributed by atoms with Crippen LogP contribution in [0, 0.1) is 0 Å². The number of aromatic nitrogens is 2. The third kappa shape index (κ3) is 4.63. The van der Waals surface area contributed by atoms with E-state index >= 15 is 0 Å². The van der Waals surface area contributed by atoms with Gasteiger partial charge in [0.05, 0.1) is 6.54 Å². The highest BCUT2D eigenvalue weighted by molar-refractivity contribution is 7.10. The van der Waals surface area contributed by atoms with Crippen LogP contribution in [-0.2, 0) is 11.3 Å². The van der Waals surface area contributed by atoms with Gasteiger partial charge in [-0.3, -0.25) is 4.79 Å². The zero-order chi connectivity index (χ0) is 15.9. The normalized spacial score (nSPS) is 15.0. The maximum atomic E-state index is 11.8. The summed E-state index contributed by atoms with van der Waals surface area (Å²) in [6.45, 7) is 2.44. The molecule has 1 aliphatic heterocycles. The van der Waals surface area contributed by atoms with Crippen LogP contribution in [0.2, 0.25) is 0 Å². The van der Waals surface area contributed by atoms with Crippen LogP contribution >= 0.6 is 11.3 Å². The number of hydrogen-bond acceptors (Lipinski definition) is 5. The Bertz CT molecular complexity index is 663. The van der Waals surface area contributed by atoms with Crippen molar-refractivity contribution in [2.24, 2.45) is 0 Å². The molecule has 1 N–H and O–H groups in total. The molecule has 23 heavy (non-hydrogen) atoms. The lowest BCUT2D eigenvalue weighted by atomic mass is 10.1. The van der Waals surface area contributed by atoms with Gasteiger partial charge in [-0.05, 0) is 42.9 Å². The first kappa shape index (κ1) is 15.7. The number of thiophene rings is 1. The molecule has 3 heterocycles. The molecule has 1 aliphatic rings. The summed E-state index contributed by atoms with van der Waals surface area (Å²) in [6.07, 6.45) is 8.83. The predicted octanol–water partition coefficient (Wildman–Crippen LogP) is 2.86. The standard InChI is InChI=1S/C17H20N4OS/c22-17(7-6-14-5-4-12-23-14)19-13-15-18-9-8-16(20-15)21-10-2-1-3-11-21/h4-9,12H,1-3,10-11,13H2,(H,19,22)/b7-6+. The molecule has 0 atom stereocenters. The summed E-state index contributed by atoms with van der Waals surface area (Å²) in [5.74, 6) is 1.47. The SMILES string of the molecule is O=C(/C=C/c1cccs1)NCc1nccc(N2CCCCC2)n1. The van der Waals surface area contributed by atoms with Gasteiger partial charge in [-0.15, -0.1) is 11.3 Å². The number of rotatable bonds is 5. The van der Waals surface area contributed by atoms with Crippen LogP contribution in [0.15, 0.2) is 35.9 Å². The fraction of sp³-hybridized carbons (Fsp3) is 0.353. The average molecular weight is 328 g/mol. The molecule has 6 heteroatoms. The van der Waals surface area contributed by atoms with Gasteiger partial charge in [0.1, 0.15) is 11.6 Å². The van der Waals surface area contributed by atoms with Gasteiger partial charge < -0.3 is 10.2 Å². The highest BCUT2D eigenvalue weighted by Gasteiger charge is 2.12. The van der Waals surface area contributed by atoms with E-state index in [0.29, 0.717) is 12.4 Å². The van der Waals surface area contributed by atoms with E-state index in [1.165, 1.54) is 19.3 Å². The predicted molar refractivity (Wildman–Crippen MR) is 93.3 cm³/mol. The summed E-state index contributed by atoms with van der Waals surface area (Å²) in [6, 6.07) is 5.87. The lowest BCUT2D eigenvalue weighted by molar-refractivity contribution is -0.116. The van der Waals surface area contributed by atoms with Gasteiger partial charge in [-0.2, -0.15) is 0 Å². The molecule has 1 saturated heterocycles. The Morgan fingerprint density at radius 3 is 2.96 bits per heavy atom. The molecule has 0 aromatic carbocycles. The van der Waals surface area contributed by atoms with E-state index in [1.54, 1.807) is 23.6 Å². The van der Waals surface area contributed by atoms with Crippen molar-refractivity contribution in [1.82, 2.24) is 15.3 Å². The van der Waals surface area contributed by atoms with E-state index in [2.05, 4.69) is 20.2 Å². The molecule has 0 spiro atoms. The van der Waals surface area contributed by atoms with Crippen molar-refractivity contribution in [1.29, 1.82) is 0 Å². The monoisotopic (exact) mass is 328 g/mol. The zero-order valence-corrected chi connectivity index (χ0v) is 13.8. The first-order chi connectivity index (χ1) is 11.3. The lowest BCUT2D eigenvalue weighted by Gasteiger charge is -2.27. The molecule has 120 valence electrons. The van der Waals surface area contributed by atoms with Gasteiger partial charge in [0.25, 0.3) is 0 Å². The van der Waals surface area contributed by atoms with Crippen LogP contribution in [0.3, 0.4) is 0 Å². The van der Waals surface area contributed by atoms with Gasteiger partial charge in [0.2, 0.25) is 5.91 Å². The second-order valence-electron chi connectivity index (χ2n) is 5.45. The van der Waals surface area contributed by atoms with E-state index in [1.807, 2.05) is 29.7 Å². The molecule has 0 radical (unpaired) electrons. The van der Waals surface area contributed by atoms with Crippen molar-refractivity contribution >= 4 is 29.1 Å². The third-order valence-electron chi connectivity index (χ3n) is 3.73. The van der Waals surface area contributed by atoms with Crippen LogP contribution in [-0.4, -0.2) is 29.0 Å². The van der Waals surface area contributed by atoms with Crippen LogP contribution in [0.1, 0.15) is 30.0 Å². The number of carbonyl (C=O) groups excluding carboxylic acids is 1. The lowest BCUT2D eigenvalue weighted by Crippen LogP contribution is -2.30. The summed E-state index contributed by atoms with van der Waals surface area (Å²) in [4.78, 5) is 24.0. The molecule has 0 saturated carbocycles. The minimum Gasteiger partial charge on any atom is -0.357 e. The first-order valence-electron chi connectivity index (χ1n) is 7.87. The van der Waals surface area contributed by atoms with E-state index in [0.717, 1.165) is 23.8 Å². The Labute approximate surface area is 140 Å². The van der Waals surface area contributed by atoms with Crippen molar-refractivity contribution in [3.8, 4) is 0 Å². The molecule has 1 fully saturated rings. The number of nitrogens with one attached hydrogen (secondary N) is 1.